The summed E-state index contributed by atoms with van der Waals surface area (Å²) in [4.78, 5) is 6.56. The van der Waals surface area contributed by atoms with Gasteiger partial charge in [-0.25, -0.2) is 8.42 Å². The van der Waals surface area contributed by atoms with E-state index in [1.165, 1.54) is 13.3 Å². The van der Waals surface area contributed by atoms with Gasteiger partial charge in [-0.2, -0.15) is 5.26 Å². The Morgan fingerprint density at radius 1 is 1.08 bits per heavy atom. The summed E-state index contributed by atoms with van der Waals surface area (Å²) in [6, 6.07) is 11.0. The van der Waals surface area contributed by atoms with Gasteiger partial charge in [-0.1, -0.05) is 23.2 Å². The zero-order chi connectivity index (χ0) is 27.7. The molecule has 39 heavy (non-hydrogen) atoms. The Bertz CT molecular complexity index is 1700. The van der Waals surface area contributed by atoms with Crippen molar-refractivity contribution in [3.63, 3.8) is 0 Å². The first-order valence-electron chi connectivity index (χ1n) is 11.9. The molecule has 0 amide bonds. The number of hydrogen-bond acceptors (Lipinski definition) is 9. The van der Waals surface area contributed by atoms with E-state index in [1.807, 2.05) is 18.2 Å². The summed E-state index contributed by atoms with van der Waals surface area (Å²) < 4.78 is 40.3. The van der Waals surface area contributed by atoms with Crippen LogP contribution in [0.15, 0.2) is 47.2 Å². The van der Waals surface area contributed by atoms with Crippen molar-refractivity contribution < 1.29 is 22.3 Å². The Balaban J connectivity index is 1.51. The van der Waals surface area contributed by atoms with Gasteiger partial charge in [0, 0.05) is 41.9 Å². The normalized spacial score (nSPS) is 15.2. The number of hydrogen-bond donors (Lipinski definition) is 1. The summed E-state index contributed by atoms with van der Waals surface area (Å²) in [5, 5.41) is 14.4. The van der Waals surface area contributed by atoms with Gasteiger partial charge < -0.3 is 19.2 Å². The van der Waals surface area contributed by atoms with Crippen LogP contribution in [0.2, 0.25) is 10.0 Å². The highest BCUT2D eigenvalue weighted by atomic mass is 35.5. The van der Waals surface area contributed by atoms with E-state index in [1.54, 1.807) is 25.5 Å². The Morgan fingerprint density at radius 3 is 2.51 bits per heavy atom. The van der Waals surface area contributed by atoms with Crippen LogP contribution in [0.5, 0.6) is 11.5 Å². The standard InChI is InChI=1S/C27H24Cl2N4O5S/c1-36-25-9-20-23(8-19(25)16-7-18(38-15-16)14-33-3-5-39(34,35)6-4-33)31-13-17(12-30)27(20)32-24-11-26(37-2)22(29)10-21(24)28/h7-11,13,15H,3-6,14H2,1-2H3,(H,31,32). The zero-order valence-electron chi connectivity index (χ0n) is 21.1. The molecule has 2 aromatic heterocycles. The van der Waals surface area contributed by atoms with Crippen LogP contribution >= 0.6 is 23.2 Å². The van der Waals surface area contributed by atoms with Crippen LogP contribution in [0.4, 0.5) is 11.4 Å². The van der Waals surface area contributed by atoms with Crippen molar-refractivity contribution in [2.24, 2.45) is 0 Å². The Labute approximate surface area is 235 Å². The molecule has 4 aromatic rings. The second-order valence-corrected chi connectivity index (χ2v) is 12.2. The zero-order valence-corrected chi connectivity index (χ0v) is 23.5. The topological polar surface area (TPSA) is 118 Å². The second-order valence-electron chi connectivity index (χ2n) is 9.05. The lowest BCUT2D eigenvalue weighted by atomic mass is 10.0. The number of aromatic nitrogens is 1. The van der Waals surface area contributed by atoms with Gasteiger partial charge in [0.15, 0.2) is 9.84 Å². The van der Waals surface area contributed by atoms with Crippen molar-refractivity contribution in [2.45, 2.75) is 6.54 Å². The van der Waals surface area contributed by atoms with E-state index in [-0.39, 0.29) is 11.5 Å². The summed E-state index contributed by atoms with van der Waals surface area (Å²) in [6.07, 6.45) is 3.13. The van der Waals surface area contributed by atoms with Gasteiger partial charge in [0.25, 0.3) is 0 Å². The monoisotopic (exact) mass is 586 g/mol. The van der Waals surface area contributed by atoms with Gasteiger partial charge in [0.1, 0.15) is 23.3 Å². The number of rotatable bonds is 7. The summed E-state index contributed by atoms with van der Waals surface area (Å²) in [6.45, 7) is 1.46. The number of halogens is 2. The largest absolute Gasteiger partial charge is 0.496 e. The van der Waals surface area contributed by atoms with Gasteiger partial charge in [0.05, 0.1) is 71.0 Å². The number of anilines is 2. The third-order valence-corrected chi connectivity index (χ3v) is 8.81. The second kappa shape index (κ2) is 10.9. The smallest absolute Gasteiger partial charge is 0.152 e. The average Bonchev–Trinajstić information content (AvgIpc) is 3.39. The fourth-order valence-corrected chi connectivity index (χ4v) is 6.27. The van der Waals surface area contributed by atoms with E-state index in [9.17, 15) is 13.7 Å². The first-order valence-corrected chi connectivity index (χ1v) is 14.5. The first-order chi connectivity index (χ1) is 18.7. The molecule has 0 saturated carbocycles. The molecule has 1 saturated heterocycles. The number of methoxy groups -OCH3 is 2. The summed E-state index contributed by atoms with van der Waals surface area (Å²) in [5.74, 6) is 2.01. The molecule has 1 N–H and O–H groups in total. The molecular weight excluding hydrogens is 563 g/mol. The SMILES string of the molecule is COc1cc(Nc2c(C#N)cnc3cc(-c4coc(CN5CCS(=O)(=O)CC5)c4)c(OC)cc23)c(Cl)cc1Cl. The molecule has 1 fully saturated rings. The summed E-state index contributed by atoms with van der Waals surface area (Å²) >= 11 is 12.6. The molecule has 0 spiro atoms. The molecule has 1 aliphatic rings. The van der Waals surface area contributed by atoms with Crippen molar-refractivity contribution >= 4 is 55.3 Å². The lowest BCUT2D eigenvalue weighted by Crippen LogP contribution is -2.39. The quantitative estimate of drug-likeness (QED) is 0.292. The van der Waals surface area contributed by atoms with Crippen LogP contribution in [-0.4, -0.2) is 57.1 Å². The molecule has 9 nitrogen and oxygen atoms in total. The third kappa shape index (κ3) is 5.63. The number of fused-ring (bicyclic) bond motifs is 1. The first kappa shape index (κ1) is 27.1. The van der Waals surface area contributed by atoms with E-state index in [0.29, 0.717) is 74.8 Å². The maximum absolute atomic E-state index is 11.7. The van der Waals surface area contributed by atoms with Gasteiger partial charge in [-0.3, -0.25) is 9.88 Å². The van der Waals surface area contributed by atoms with Crippen LogP contribution in [0.25, 0.3) is 22.0 Å². The molecule has 202 valence electrons. The van der Waals surface area contributed by atoms with Crippen LogP contribution in [-0.2, 0) is 16.4 Å². The van der Waals surface area contributed by atoms with Gasteiger partial charge in [-0.15, -0.1) is 0 Å². The van der Waals surface area contributed by atoms with Crippen molar-refractivity contribution in [1.29, 1.82) is 5.26 Å². The minimum Gasteiger partial charge on any atom is -0.496 e. The van der Waals surface area contributed by atoms with Crippen LogP contribution in [0, 0.1) is 11.3 Å². The molecular formula is C27H24Cl2N4O5S. The molecule has 5 rings (SSSR count). The molecule has 0 radical (unpaired) electrons. The number of nitrogens with one attached hydrogen (secondary N) is 1. The highest BCUT2D eigenvalue weighted by Crippen LogP contribution is 2.41. The van der Waals surface area contributed by atoms with E-state index in [4.69, 9.17) is 37.1 Å². The predicted octanol–water partition coefficient (Wildman–Crippen LogP) is 5.66. The lowest BCUT2D eigenvalue weighted by molar-refractivity contribution is 0.262. The van der Waals surface area contributed by atoms with E-state index >= 15 is 0 Å². The molecule has 0 unspecified atom stereocenters. The predicted molar refractivity (Wildman–Crippen MR) is 151 cm³/mol. The lowest BCUT2D eigenvalue weighted by Gasteiger charge is -2.25. The van der Waals surface area contributed by atoms with Crippen molar-refractivity contribution in [2.75, 3.05) is 44.1 Å². The van der Waals surface area contributed by atoms with Crippen molar-refractivity contribution in [3.05, 3.63) is 64.2 Å². The van der Waals surface area contributed by atoms with Crippen molar-refractivity contribution in [1.82, 2.24) is 9.88 Å². The Kier molecular flexibility index (Phi) is 7.60. The van der Waals surface area contributed by atoms with E-state index < -0.39 is 9.84 Å². The Hall–Kier alpha value is -3.49. The molecule has 0 aliphatic carbocycles. The number of nitriles is 1. The molecule has 12 heteroatoms. The van der Waals surface area contributed by atoms with Crippen LogP contribution in [0.3, 0.4) is 0 Å². The highest BCUT2D eigenvalue weighted by molar-refractivity contribution is 7.91. The number of ether oxygens (including phenoxy) is 2. The number of sulfone groups is 1. The van der Waals surface area contributed by atoms with Gasteiger partial charge in [0.2, 0.25) is 0 Å². The van der Waals surface area contributed by atoms with E-state index in [2.05, 4.69) is 21.3 Å². The fraction of sp³-hybridized carbons (Fsp3) is 0.259. The number of furan rings is 1. The minimum atomic E-state index is -2.95. The van der Waals surface area contributed by atoms with Crippen LogP contribution in [0.1, 0.15) is 11.3 Å². The fourth-order valence-electron chi connectivity index (χ4n) is 4.48. The summed E-state index contributed by atoms with van der Waals surface area (Å²) in [5.41, 5.74) is 3.50. The van der Waals surface area contributed by atoms with Gasteiger partial charge in [-0.05, 0) is 24.3 Å². The number of benzene rings is 2. The maximum atomic E-state index is 11.7. The summed E-state index contributed by atoms with van der Waals surface area (Å²) in [7, 11) is 0.118. The highest BCUT2D eigenvalue weighted by Gasteiger charge is 2.23. The Morgan fingerprint density at radius 2 is 1.82 bits per heavy atom. The maximum Gasteiger partial charge on any atom is 0.152 e. The number of pyridine rings is 1. The molecule has 3 heterocycles. The molecule has 2 aromatic carbocycles. The molecule has 0 bridgehead atoms. The minimum absolute atomic E-state index is 0.153. The third-order valence-electron chi connectivity index (χ3n) is 6.59. The van der Waals surface area contributed by atoms with Crippen LogP contribution < -0.4 is 14.8 Å². The van der Waals surface area contributed by atoms with E-state index in [0.717, 1.165) is 11.1 Å². The average molecular weight is 587 g/mol. The number of nitrogens with zero attached hydrogens (tertiary/aromatic N) is 3. The molecule has 0 atom stereocenters. The van der Waals surface area contributed by atoms with Crippen molar-refractivity contribution in [3.8, 4) is 28.7 Å². The molecule has 1 aliphatic heterocycles. The van der Waals surface area contributed by atoms with Gasteiger partial charge >= 0.3 is 0 Å².